The predicted molar refractivity (Wildman–Crippen MR) is 94.3 cm³/mol. The number of nitrogens with zero attached hydrogens (tertiary/aromatic N) is 1. The van der Waals surface area contributed by atoms with E-state index in [-0.39, 0.29) is 29.5 Å². The number of imide groups is 1. The third kappa shape index (κ3) is 3.14. The van der Waals surface area contributed by atoms with Crippen LogP contribution < -0.4 is 5.32 Å². The molecule has 1 N–H and O–H groups in total. The van der Waals surface area contributed by atoms with Crippen LogP contribution in [-0.2, 0) is 4.79 Å². The summed E-state index contributed by atoms with van der Waals surface area (Å²) in [5.74, 6) is 0.405. The van der Waals surface area contributed by atoms with Crippen molar-refractivity contribution in [2.45, 2.75) is 38.1 Å². The van der Waals surface area contributed by atoms with Crippen LogP contribution in [0.3, 0.4) is 0 Å². The number of amides is 3. The summed E-state index contributed by atoms with van der Waals surface area (Å²) in [6, 6.07) is 9.05. The summed E-state index contributed by atoms with van der Waals surface area (Å²) in [6.45, 7) is 0. The first-order chi connectivity index (χ1) is 12.6. The zero-order valence-electron chi connectivity index (χ0n) is 14.2. The summed E-state index contributed by atoms with van der Waals surface area (Å²) < 4.78 is 18.7. The van der Waals surface area contributed by atoms with Gasteiger partial charge in [0, 0.05) is 17.7 Å². The first-order valence-electron chi connectivity index (χ1n) is 8.84. The van der Waals surface area contributed by atoms with Gasteiger partial charge in [-0.25, -0.2) is 9.18 Å². The molecule has 1 aromatic carbocycles. The summed E-state index contributed by atoms with van der Waals surface area (Å²) in [6.07, 6.45) is 6.50. The molecule has 26 heavy (non-hydrogen) atoms. The number of urea groups is 1. The molecule has 4 rings (SSSR count). The third-order valence-electron chi connectivity index (χ3n) is 4.89. The molecule has 5 nitrogen and oxygen atoms in total. The van der Waals surface area contributed by atoms with E-state index in [0.29, 0.717) is 11.5 Å². The molecule has 0 atom stereocenters. The van der Waals surface area contributed by atoms with Crippen molar-refractivity contribution in [3.8, 4) is 11.3 Å². The Morgan fingerprint density at radius 2 is 1.77 bits per heavy atom. The highest BCUT2D eigenvalue weighted by molar-refractivity contribution is 6.14. The Morgan fingerprint density at radius 1 is 1.04 bits per heavy atom. The van der Waals surface area contributed by atoms with Crippen molar-refractivity contribution < 1.29 is 18.4 Å². The molecule has 1 saturated heterocycles. The van der Waals surface area contributed by atoms with Gasteiger partial charge in [-0.1, -0.05) is 19.3 Å². The SMILES string of the molecule is O=C1NC(=Cc2ccc(-c3ccc(F)cc3)o2)C(=O)N1C1CCCCC1. The van der Waals surface area contributed by atoms with Gasteiger partial charge in [-0.3, -0.25) is 9.69 Å². The van der Waals surface area contributed by atoms with Crippen molar-refractivity contribution >= 4 is 18.0 Å². The van der Waals surface area contributed by atoms with E-state index in [1.54, 1.807) is 24.3 Å². The molecule has 134 valence electrons. The zero-order chi connectivity index (χ0) is 18.1. The highest BCUT2D eigenvalue weighted by Gasteiger charge is 2.39. The number of nitrogens with one attached hydrogen (secondary N) is 1. The molecular formula is C20H19FN2O3. The number of carbonyl (C=O) groups is 2. The Kier molecular flexibility index (Phi) is 4.32. The molecule has 0 spiro atoms. The Balaban J connectivity index is 1.54. The minimum Gasteiger partial charge on any atom is -0.457 e. The van der Waals surface area contributed by atoms with Gasteiger partial charge in [0.2, 0.25) is 0 Å². The number of halogens is 1. The van der Waals surface area contributed by atoms with Crippen LogP contribution in [0, 0.1) is 5.82 Å². The number of hydrogen-bond donors (Lipinski definition) is 1. The Morgan fingerprint density at radius 3 is 2.50 bits per heavy atom. The van der Waals surface area contributed by atoms with Gasteiger partial charge in [0.15, 0.2) is 0 Å². The van der Waals surface area contributed by atoms with E-state index in [4.69, 9.17) is 4.42 Å². The standard InChI is InChI=1S/C20H19FN2O3/c21-14-8-6-13(7-9-14)18-11-10-16(26-18)12-17-19(24)23(20(25)22-17)15-4-2-1-3-5-15/h6-12,15H,1-5H2,(H,22,25). The Bertz CT molecular complexity index is 863. The van der Waals surface area contributed by atoms with E-state index in [1.807, 2.05) is 0 Å². The molecule has 3 amide bonds. The smallest absolute Gasteiger partial charge is 0.329 e. The summed E-state index contributed by atoms with van der Waals surface area (Å²) in [5, 5.41) is 2.64. The fraction of sp³-hybridized carbons (Fsp3) is 0.300. The van der Waals surface area contributed by atoms with Crippen LogP contribution in [0.1, 0.15) is 37.9 Å². The second kappa shape index (κ2) is 6.78. The van der Waals surface area contributed by atoms with E-state index in [0.717, 1.165) is 37.7 Å². The van der Waals surface area contributed by atoms with E-state index >= 15 is 0 Å². The van der Waals surface area contributed by atoms with Crippen LogP contribution in [0.5, 0.6) is 0 Å². The van der Waals surface area contributed by atoms with Crippen molar-refractivity contribution in [1.29, 1.82) is 0 Å². The fourth-order valence-electron chi connectivity index (χ4n) is 3.56. The molecule has 2 heterocycles. The van der Waals surface area contributed by atoms with Crippen molar-refractivity contribution in [3.63, 3.8) is 0 Å². The van der Waals surface area contributed by atoms with Crippen LogP contribution in [0.15, 0.2) is 46.5 Å². The van der Waals surface area contributed by atoms with Gasteiger partial charge < -0.3 is 9.73 Å². The van der Waals surface area contributed by atoms with Crippen LogP contribution >= 0.6 is 0 Å². The average molecular weight is 354 g/mol. The van der Waals surface area contributed by atoms with Crippen molar-refractivity contribution in [3.05, 3.63) is 53.7 Å². The van der Waals surface area contributed by atoms with Gasteiger partial charge in [0.25, 0.3) is 5.91 Å². The van der Waals surface area contributed by atoms with E-state index < -0.39 is 0 Å². The lowest BCUT2D eigenvalue weighted by Crippen LogP contribution is -2.41. The van der Waals surface area contributed by atoms with Crippen molar-refractivity contribution in [1.82, 2.24) is 10.2 Å². The number of benzene rings is 1. The first-order valence-corrected chi connectivity index (χ1v) is 8.84. The quantitative estimate of drug-likeness (QED) is 0.660. The molecule has 2 fully saturated rings. The lowest BCUT2D eigenvalue weighted by Gasteiger charge is -2.28. The van der Waals surface area contributed by atoms with Crippen LogP contribution in [0.25, 0.3) is 17.4 Å². The summed E-state index contributed by atoms with van der Waals surface area (Å²) in [5.41, 5.74) is 0.960. The van der Waals surface area contributed by atoms with E-state index in [2.05, 4.69) is 5.32 Å². The molecule has 0 bridgehead atoms. The first kappa shape index (κ1) is 16.6. The fourth-order valence-corrected chi connectivity index (χ4v) is 3.56. The molecule has 0 unspecified atom stereocenters. The van der Waals surface area contributed by atoms with Gasteiger partial charge >= 0.3 is 6.03 Å². The number of carbonyl (C=O) groups excluding carboxylic acids is 2. The van der Waals surface area contributed by atoms with Gasteiger partial charge in [-0.2, -0.15) is 0 Å². The third-order valence-corrected chi connectivity index (χ3v) is 4.89. The number of furan rings is 1. The van der Waals surface area contributed by atoms with Gasteiger partial charge in [-0.05, 0) is 49.2 Å². The highest BCUT2D eigenvalue weighted by atomic mass is 19.1. The number of rotatable bonds is 3. The van der Waals surface area contributed by atoms with Crippen molar-refractivity contribution in [2.75, 3.05) is 0 Å². The maximum atomic E-state index is 13.0. The molecule has 6 heteroatoms. The summed E-state index contributed by atoms with van der Waals surface area (Å²) in [7, 11) is 0. The Hall–Kier alpha value is -2.89. The second-order valence-corrected chi connectivity index (χ2v) is 6.66. The van der Waals surface area contributed by atoms with Crippen molar-refractivity contribution in [2.24, 2.45) is 0 Å². The lowest BCUT2D eigenvalue weighted by atomic mass is 9.94. The minimum atomic E-state index is -0.363. The molecule has 2 aromatic rings. The molecule has 1 aliphatic heterocycles. The van der Waals surface area contributed by atoms with Gasteiger partial charge in [0.05, 0.1) is 0 Å². The summed E-state index contributed by atoms with van der Waals surface area (Å²) >= 11 is 0. The zero-order valence-corrected chi connectivity index (χ0v) is 14.2. The predicted octanol–water partition coefficient (Wildman–Crippen LogP) is 4.31. The van der Waals surface area contributed by atoms with Gasteiger partial charge in [0.1, 0.15) is 23.0 Å². The molecule has 1 aliphatic carbocycles. The topological polar surface area (TPSA) is 62.6 Å². The second-order valence-electron chi connectivity index (χ2n) is 6.66. The lowest BCUT2D eigenvalue weighted by molar-refractivity contribution is -0.124. The molecule has 2 aliphatic rings. The van der Waals surface area contributed by atoms with E-state index in [9.17, 15) is 14.0 Å². The number of hydrogen-bond acceptors (Lipinski definition) is 3. The van der Waals surface area contributed by atoms with Gasteiger partial charge in [-0.15, -0.1) is 0 Å². The van der Waals surface area contributed by atoms with Crippen LogP contribution in [0.4, 0.5) is 9.18 Å². The molecule has 1 aromatic heterocycles. The molecular weight excluding hydrogens is 335 g/mol. The normalized spacial score (nSPS) is 20.0. The average Bonchev–Trinajstić information content (AvgIpc) is 3.21. The van der Waals surface area contributed by atoms with Crippen LogP contribution in [0.2, 0.25) is 0 Å². The maximum Gasteiger partial charge on any atom is 0.329 e. The maximum absolute atomic E-state index is 13.0. The van der Waals surface area contributed by atoms with Crippen LogP contribution in [-0.4, -0.2) is 22.9 Å². The summed E-state index contributed by atoms with van der Waals surface area (Å²) in [4.78, 5) is 26.2. The highest BCUT2D eigenvalue weighted by Crippen LogP contribution is 2.28. The van der Waals surface area contributed by atoms with E-state index in [1.165, 1.54) is 23.1 Å². The monoisotopic (exact) mass is 354 g/mol. The molecule has 0 radical (unpaired) electrons. The minimum absolute atomic E-state index is 0.0199. The molecule has 1 saturated carbocycles. The largest absolute Gasteiger partial charge is 0.457 e. The Labute approximate surface area is 150 Å².